The monoisotopic (exact) mass is 456 g/mol. The lowest BCUT2D eigenvalue weighted by Gasteiger charge is -2.29. The SMILES string of the molecule is CCOC(=O)C1=C(CSc2nc3ccsc3c(=O)n2C)NC(=O)NC1c1ccccc1. The topological polar surface area (TPSA) is 102 Å². The van der Waals surface area contributed by atoms with E-state index in [-0.39, 0.29) is 17.9 Å². The first-order valence-electron chi connectivity index (χ1n) is 9.59. The molecule has 0 saturated carbocycles. The van der Waals surface area contributed by atoms with Crippen LogP contribution in [-0.4, -0.2) is 33.9 Å². The third kappa shape index (κ3) is 4.21. The van der Waals surface area contributed by atoms with Crippen LogP contribution in [0, 0.1) is 0 Å². The fraction of sp³-hybridized carbons (Fsp3) is 0.238. The van der Waals surface area contributed by atoms with Crippen molar-refractivity contribution < 1.29 is 14.3 Å². The summed E-state index contributed by atoms with van der Waals surface area (Å²) >= 11 is 2.62. The summed E-state index contributed by atoms with van der Waals surface area (Å²) < 4.78 is 7.35. The molecular formula is C21H20N4O4S2. The highest BCUT2D eigenvalue weighted by molar-refractivity contribution is 7.99. The van der Waals surface area contributed by atoms with Crippen LogP contribution in [0.4, 0.5) is 4.79 Å². The maximum Gasteiger partial charge on any atom is 0.338 e. The van der Waals surface area contributed by atoms with E-state index in [0.717, 1.165) is 5.56 Å². The molecule has 0 bridgehead atoms. The predicted molar refractivity (Wildman–Crippen MR) is 120 cm³/mol. The van der Waals surface area contributed by atoms with Crippen molar-refractivity contribution in [1.29, 1.82) is 0 Å². The molecule has 1 atom stereocenters. The molecule has 2 amide bonds. The van der Waals surface area contributed by atoms with Crippen molar-refractivity contribution in [1.82, 2.24) is 20.2 Å². The summed E-state index contributed by atoms with van der Waals surface area (Å²) in [6.07, 6.45) is 0. The van der Waals surface area contributed by atoms with E-state index in [1.165, 1.54) is 27.7 Å². The van der Waals surface area contributed by atoms with Gasteiger partial charge in [-0.3, -0.25) is 9.36 Å². The van der Waals surface area contributed by atoms with Gasteiger partial charge in [-0.25, -0.2) is 14.6 Å². The van der Waals surface area contributed by atoms with Gasteiger partial charge in [0.05, 0.1) is 23.7 Å². The molecule has 0 radical (unpaired) electrons. The Morgan fingerprint density at radius 3 is 2.77 bits per heavy atom. The third-order valence-corrected chi connectivity index (χ3v) is 6.72. The van der Waals surface area contributed by atoms with Crippen LogP contribution in [0.25, 0.3) is 10.2 Å². The van der Waals surface area contributed by atoms with Crippen molar-refractivity contribution in [2.45, 2.75) is 18.1 Å². The van der Waals surface area contributed by atoms with Gasteiger partial charge >= 0.3 is 12.0 Å². The van der Waals surface area contributed by atoms with Crippen molar-refractivity contribution in [2.24, 2.45) is 7.05 Å². The Balaban J connectivity index is 1.72. The van der Waals surface area contributed by atoms with Gasteiger partial charge in [-0.15, -0.1) is 11.3 Å². The molecule has 10 heteroatoms. The fourth-order valence-corrected chi connectivity index (χ4v) is 5.06. The van der Waals surface area contributed by atoms with Gasteiger partial charge in [-0.1, -0.05) is 42.1 Å². The number of esters is 1. The van der Waals surface area contributed by atoms with E-state index in [9.17, 15) is 14.4 Å². The highest BCUT2D eigenvalue weighted by atomic mass is 32.2. The molecule has 2 aromatic heterocycles. The number of benzene rings is 1. The number of nitrogens with one attached hydrogen (secondary N) is 2. The number of thiophene rings is 1. The predicted octanol–water partition coefficient (Wildman–Crippen LogP) is 2.96. The first-order chi connectivity index (χ1) is 15.0. The molecule has 3 heterocycles. The number of hydrogen-bond acceptors (Lipinski definition) is 7. The van der Waals surface area contributed by atoms with Crippen molar-refractivity contribution in [3.63, 3.8) is 0 Å². The molecule has 31 heavy (non-hydrogen) atoms. The molecule has 4 rings (SSSR count). The quantitative estimate of drug-likeness (QED) is 0.336. The second kappa shape index (κ2) is 8.94. The first kappa shape index (κ1) is 21.1. The van der Waals surface area contributed by atoms with Gasteiger partial charge in [0.1, 0.15) is 4.70 Å². The number of fused-ring (bicyclic) bond motifs is 1. The molecule has 0 fully saturated rings. The van der Waals surface area contributed by atoms with Crippen molar-refractivity contribution in [3.05, 3.63) is 69.0 Å². The fourth-order valence-electron chi connectivity index (χ4n) is 3.31. The Morgan fingerprint density at radius 2 is 2.03 bits per heavy atom. The van der Waals surface area contributed by atoms with Gasteiger partial charge in [0.15, 0.2) is 5.16 Å². The lowest BCUT2D eigenvalue weighted by molar-refractivity contribution is -0.139. The average Bonchev–Trinajstić information content (AvgIpc) is 3.24. The number of urea groups is 1. The number of aromatic nitrogens is 2. The summed E-state index contributed by atoms with van der Waals surface area (Å²) in [4.78, 5) is 42.3. The maximum absolute atomic E-state index is 12.8. The molecule has 0 aliphatic carbocycles. The molecule has 8 nitrogen and oxygen atoms in total. The summed E-state index contributed by atoms with van der Waals surface area (Å²) in [6, 6.07) is 9.99. The molecule has 1 unspecified atom stereocenters. The van der Waals surface area contributed by atoms with Crippen LogP contribution in [0.2, 0.25) is 0 Å². The lowest BCUT2D eigenvalue weighted by Crippen LogP contribution is -2.46. The molecule has 2 N–H and O–H groups in total. The molecule has 3 aromatic rings. The standard InChI is InChI=1S/C21H20N4O4S2/c1-3-29-19(27)15-14(22-20(28)24-16(15)12-7-5-4-6-8-12)11-31-21-23-13-9-10-30-17(13)18(26)25(21)2/h4-10,16H,3,11H2,1-2H3,(H2,22,24,28). The number of nitrogens with zero attached hydrogens (tertiary/aromatic N) is 2. The number of rotatable bonds is 6. The van der Waals surface area contributed by atoms with E-state index in [1.54, 1.807) is 20.0 Å². The lowest BCUT2D eigenvalue weighted by atomic mass is 9.95. The molecule has 0 saturated heterocycles. The number of carbonyl (C=O) groups excluding carboxylic acids is 2. The van der Waals surface area contributed by atoms with E-state index in [1.807, 2.05) is 35.7 Å². The van der Waals surface area contributed by atoms with Crippen LogP contribution in [0.3, 0.4) is 0 Å². The minimum Gasteiger partial charge on any atom is -0.463 e. The number of carbonyl (C=O) groups is 2. The van der Waals surface area contributed by atoms with Gasteiger partial charge in [-0.2, -0.15) is 0 Å². The first-order valence-corrected chi connectivity index (χ1v) is 11.5. The average molecular weight is 457 g/mol. The third-order valence-electron chi connectivity index (χ3n) is 4.77. The molecule has 1 aliphatic heterocycles. The zero-order valence-corrected chi connectivity index (χ0v) is 18.5. The second-order valence-electron chi connectivity index (χ2n) is 6.74. The summed E-state index contributed by atoms with van der Waals surface area (Å²) in [6.45, 7) is 1.94. The Labute approximate surface area is 186 Å². The minimum absolute atomic E-state index is 0.126. The second-order valence-corrected chi connectivity index (χ2v) is 8.60. The normalized spacial score (nSPS) is 16.2. The number of amides is 2. The number of ether oxygens (including phenoxy) is 1. The van der Waals surface area contributed by atoms with Gasteiger partial charge < -0.3 is 15.4 Å². The molecule has 1 aromatic carbocycles. The van der Waals surface area contributed by atoms with Gasteiger partial charge in [0.2, 0.25) is 0 Å². The smallest absolute Gasteiger partial charge is 0.338 e. The summed E-state index contributed by atoms with van der Waals surface area (Å²) in [7, 11) is 1.66. The Bertz CT molecular complexity index is 1230. The van der Waals surface area contributed by atoms with E-state index in [0.29, 0.717) is 26.6 Å². The highest BCUT2D eigenvalue weighted by Gasteiger charge is 2.33. The Morgan fingerprint density at radius 1 is 1.26 bits per heavy atom. The number of hydrogen-bond donors (Lipinski definition) is 2. The van der Waals surface area contributed by atoms with Crippen molar-refractivity contribution in [3.8, 4) is 0 Å². The van der Waals surface area contributed by atoms with Gasteiger partial charge in [0.25, 0.3) is 5.56 Å². The van der Waals surface area contributed by atoms with Gasteiger partial charge in [0, 0.05) is 18.5 Å². The Kier molecular flexibility index (Phi) is 6.10. The molecular weight excluding hydrogens is 436 g/mol. The highest BCUT2D eigenvalue weighted by Crippen LogP contribution is 2.30. The summed E-state index contributed by atoms with van der Waals surface area (Å²) in [5.74, 6) is -0.268. The van der Waals surface area contributed by atoms with Crippen LogP contribution in [0.1, 0.15) is 18.5 Å². The van der Waals surface area contributed by atoms with Crippen molar-refractivity contribution in [2.75, 3.05) is 12.4 Å². The largest absolute Gasteiger partial charge is 0.463 e. The van der Waals surface area contributed by atoms with E-state index in [4.69, 9.17) is 4.74 Å². The van der Waals surface area contributed by atoms with Crippen LogP contribution in [0.5, 0.6) is 0 Å². The van der Waals surface area contributed by atoms with Gasteiger partial charge in [-0.05, 0) is 23.9 Å². The van der Waals surface area contributed by atoms with Crippen LogP contribution in [-0.2, 0) is 16.6 Å². The zero-order valence-electron chi connectivity index (χ0n) is 16.9. The molecule has 0 spiro atoms. The summed E-state index contributed by atoms with van der Waals surface area (Å²) in [5.41, 5.74) is 2.04. The maximum atomic E-state index is 12.8. The van der Waals surface area contributed by atoms with E-state index < -0.39 is 18.0 Å². The molecule has 160 valence electrons. The van der Waals surface area contributed by atoms with Crippen LogP contribution >= 0.6 is 23.1 Å². The van der Waals surface area contributed by atoms with E-state index >= 15 is 0 Å². The van der Waals surface area contributed by atoms with Crippen molar-refractivity contribution >= 4 is 45.3 Å². The van der Waals surface area contributed by atoms with E-state index in [2.05, 4.69) is 15.6 Å². The van der Waals surface area contributed by atoms with Crippen LogP contribution < -0.4 is 16.2 Å². The summed E-state index contributed by atoms with van der Waals surface area (Å²) in [5, 5.41) is 7.86. The number of thioether (sulfide) groups is 1. The zero-order chi connectivity index (χ0) is 22.0. The Hall–Kier alpha value is -3.11. The van der Waals surface area contributed by atoms with Crippen LogP contribution in [0.15, 0.2) is 63.0 Å². The molecule has 1 aliphatic rings. The minimum atomic E-state index is -0.638.